The number of nitro benzene ring substituents is 1. The largest absolute Gasteiger partial charge is 0.489 e. The Morgan fingerprint density at radius 1 is 0.955 bits per heavy atom. The number of carbonyl (C=O) groups is 2. The average Bonchev–Trinajstić information content (AvgIpc) is 3.76. The van der Waals surface area contributed by atoms with Crippen molar-refractivity contribution in [2.24, 2.45) is 29.6 Å². The van der Waals surface area contributed by atoms with E-state index in [0.717, 1.165) is 33.2 Å². The summed E-state index contributed by atoms with van der Waals surface area (Å²) in [5.41, 5.74) is 3.64. The van der Waals surface area contributed by atoms with Crippen LogP contribution in [-0.4, -0.2) is 27.0 Å². The molecule has 44 heavy (non-hydrogen) atoms. The van der Waals surface area contributed by atoms with Crippen LogP contribution in [0.25, 0.3) is 0 Å². The van der Waals surface area contributed by atoms with Gasteiger partial charge in [-0.25, -0.2) is 0 Å². The SMILES string of the molecule is Cc1ccccc1COc1ccc([C@H]2c3sc(=O)[nH]c3SC3C4CC(C5C(=O)N(c6ccc([N+](=O)[O-])cc6)C(=O)C45)C32)cc1. The predicted octanol–water partition coefficient (Wildman–Crippen LogP) is 5.91. The highest BCUT2D eigenvalue weighted by atomic mass is 32.2. The van der Waals surface area contributed by atoms with Gasteiger partial charge in [-0.05, 0) is 72.1 Å². The molecular formula is C33H27N3O6S2. The van der Waals surface area contributed by atoms with Crippen LogP contribution in [0.5, 0.6) is 5.75 Å². The number of non-ortho nitro benzene ring substituents is 1. The summed E-state index contributed by atoms with van der Waals surface area (Å²) < 4.78 is 6.10. The zero-order valence-electron chi connectivity index (χ0n) is 23.5. The maximum atomic E-state index is 13.9. The highest BCUT2D eigenvalue weighted by Crippen LogP contribution is 2.68. The minimum absolute atomic E-state index is 0.00438. The minimum atomic E-state index is -0.500. The molecule has 9 nitrogen and oxygen atoms in total. The number of aromatic amines is 1. The second kappa shape index (κ2) is 10.2. The second-order valence-corrected chi connectivity index (χ2v) is 14.2. The van der Waals surface area contributed by atoms with Gasteiger partial charge in [0.15, 0.2) is 0 Å². The zero-order chi connectivity index (χ0) is 30.3. The molecular weight excluding hydrogens is 599 g/mol. The molecule has 7 atom stereocenters. The van der Waals surface area contributed by atoms with Crippen molar-refractivity contribution < 1.29 is 19.2 Å². The van der Waals surface area contributed by atoms with Gasteiger partial charge >= 0.3 is 4.87 Å². The fourth-order valence-electron chi connectivity index (χ4n) is 8.07. The molecule has 0 spiro atoms. The molecule has 11 heteroatoms. The predicted molar refractivity (Wildman–Crippen MR) is 166 cm³/mol. The van der Waals surface area contributed by atoms with Gasteiger partial charge in [-0.2, -0.15) is 0 Å². The Balaban J connectivity index is 1.11. The number of hydrogen-bond donors (Lipinski definition) is 1. The number of nitro groups is 1. The molecule has 1 aromatic heterocycles. The third-order valence-corrected chi connectivity index (χ3v) is 12.5. The van der Waals surface area contributed by atoms with Gasteiger partial charge in [0.25, 0.3) is 5.69 Å². The summed E-state index contributed by atoms with van der Waals surface area (Å²) in [5, 5.41) is 12.1. The minimum Gasteiger partial charge on any atom is -0.489 e. The Hall–Kier alpha value is -4.22. The van der Waals surface area contributed by atoms with E-state index >= 15 is 0 Å². The zero-order valence-corrected chi connectivity index (χ0v) is 25.2. The summed E-state index contributed by atoms with van der Waals surface area (Å²) in [5.74, 6) is -0.597. The Bertz CT molecular complexity index is 1880. The summed E-state index contributed by atoms with van der Waals surface area (Å²) in [4.78, 5) is 56.1. The number of ether oxygens (including phenoxy) is 1. The van der Waals surface area contributed by atoms with Crippen molar-refractivity contribution in [3.8, 4) is 5.75 Å². The Kier molecular flexibility index (Phi) is 6.32. The number of hydrogen-bond acceptors (Lipinski definition) is 8. The number of nitrogens with one attached hydrogen (secondary N) is 1. The summed E-state index contributed by atoms with van der Waals surface area (Å²) in [7, 11) is 0. The number of rotatable bonds is 6. The first-order valence-corrected chi connectivity index (χ1v) is 16.3. The van der Waals surface area contributed by atoms with Crippen LogP contribution >= 0.6 is 23.1 Å². The number of benzene rings is 3. The molecule has 3 fully saturated rings. The molecule has 3 heterocycles. The molecule has 4 aliphatic rings. The first kappa shape index (κ1) is 27.3. The van der Waals surface area contributed by atoms with Crippen LogP contribution in [0.4, 0.5) is 11.4 Å². The number of carbonyl (C=O) groups excluding carboxylic acids is 2. The number of aromatic nitrogens is 1. The van der Waals surface area contributed by atoms with E-state index in [4.69, 9.17) is 4.74 Å². The Morgan fingerprint density at radius 3 is 2.36 bits per heavy atom. The maximum Gasteiger partial charge on any atom is 0.305 e. The smallest absolute Gasteiger partial charge is 0.305 e. The maximum absolute atomic E-state index is 13.9. The van der Waals surface area contributed by atoms with Crippen molar-refractivity contribution in [3.63, 3.8) is 0 Å². The summed E-state index contributed by atoms with van der Waals surface area (Å²) in [6.45, 7) is 2.53. The van der Waals surface area contributed by atoms with E-state index in [9.17, 15) is 24.5 Å². The quantitative estimate of drug-likeness (QED) is 0.161. The molecule has 1 saturated heterocycles. The number of thioether (sulfide) groups is 1. The highest BCUT2D eigenvalue weighted by molar-refractivity contribution is 8.00. The standard InChI is InChI=1S/C33H27N3O6S2/c1-16-4-2-3-5-18(16)15-42-21-12-6-17(7-13-21)24-25-22-14-23(28(25)43-30-29(24)44-33(39)34-30)27-26(22)31(37)35(32(27)38)19-8-10-20(11-9-19)36(40)41/h2-13,22-28H,14-15H2,1H3,(H,34,39)/t22?,23?,24-,25?,26?,27?,28?/m1/s1. The number of thiazole rings is 1. The van der Waals surface area contributed by atoms with Crippen LogP contribution in [0.3, 0.4) is 0 Å². The summed E-state index contributed by atoms with van der Waals surface area (Å²) in [6, 6.07) is 21.8. The van der Waals surface area contributed by atoms with Crippen molar-refractivity contribution in [3.05, 3.63) is 114 Å². The lowest BCUT2D eigenvalue weighted by atomic mass is 9.68. The Morgan fingerprint density at radius 2 is 1.66 bits per heavy atom. The molecule has 6 unspecified atom stereocenters. The first-order valence-electron chi connectivity index (χ1n) is 14.6. The fourth-order valence-corrected chi connectivity index (χ4v) is 11.0. The lowest BCUT2D eigenvalue weighted by Crippen LogP contribution is -2.42. The van der Waals surface area contributed by atoms with E-state index < -0.39 is 16.8 Å². The molecule has 3 aromatic carbocycles. The van der Waals surface area contributed by atoms with Gasteiger partial charge < -0.3 is 9.72 Å². The second-order valence-electron chi connectivity index (χ2n) is 12.0. The van der Waals surface area contributed by atoms with Gasteiger partial charge in [0.1, 0.15) is 12.4 Å². The number of anilines is 1. The van der Waals surface area contributed by atoms with E-state index in [2.05, 4.69) is 36.2 Å². The number of amides is 2. The lowest BCUT2D eigenvalue weighted by Gasteiger charge is -2.43. The van der Waals surface area contributed by atoms with Crippen LogP contribution in [0.1, 0.15) is 33.9 Å². The number of nitrogens with zero attached hydrogens (tertiary/aromatic N) is 2. The molecule has 2 aliphatic carbocycles. The molecule has 2 saturated carbocycles. The number of H-pyrrole nitrogens is 1. The third kappa shape index (κ3) is 4.09. The first-order chi connectivity index (χ1) is 21.3. The van der Waals surface area contributed by atoms with E-state index in [1.165, 1.54) is 46.1 Å². The molecule has 222 valence electrons. The van der Waals surface area contributed by atoms with Gasteiger partial charge in [-0.3, -0.25) is 29.4 Å². The number of aryl methyl sites for hydroxylation is 1. The van der Waals surface area contributed by atoms with Crippen molar-refractivity contribution in [2.75, 3.05) is 4.90 Å². The van der Waals surface area contributed by atoms with Gasteiger partial charge in [-0.1, -0.05) is 47.7 Å². The van der Waals surface area contributed by atoms with Crippen molar-refractivity contribution in [2.45, 2.75) is 36.1 Å². The van der Waals surface area contributed by atoms with Crippen LogP contribution in [0.15, 0.2) is 82.6 Å². The summed E-state index contributed by atoms with van der Waals surface area (Å²) in [6.07, 6.45) is 0.788. The Labute approximate surface area is 260 Å². The van der Waals surface area contributed by atoms with Crippen LogP contribution in [0.2, 0.25) is 0 Å². The van der Waals surface area contributed by atoms with Gasteiger partial charge in [0.2, 0.25) is 11.8 Å². The lowest BCUT2D eigenvalue weighted by molar-refractivity contribution is -0.384. The molecule has 2 amide bonds. The normalized spacial score (nSPS) is 28.1. The van der Waals surface area contributed by atoms with Gasteiger partial charge in [0.05, 0.1) is 27.5 Å². The van der Waals surface area contributed by atoms with Gasteiger partial charge in [0, 0.05) is 28.2 Å². The van der Waals surface area contributed by atoms with E-state index in [1.54, 1.807) is 11.8 Å². The average molecular weight is 626 g/mol. The molecule has 8 rings (SSSR count). The topological polar surface area (TPSA) is 123 Å². The van der Waals surface area contributed by atoms with Crippen LogP contribution in [-0.2, 0) is 16.2 Å². The number of fused-ring (bicyclic) bond motifs is 9. The van der Waals surface area contributed by atoms with Crippen molar-refractivity contribution in [1.29, 1.82) is 0 Å². The fraction of sp³-hybridized carbons (Fsp3) is 0.303. The van der Waals surface area contributed by atoms with E-state index in [0.29, 0.717) is 12.3 Å². The third-order valence-electron chi connectivity index (χ3n) is 9.94. The highest BCUT2D eigenvalue weighted by Gasteiger charge is 2.69. The van der Waals surface area contributed by atoms with Crippen LogP contribution in [0, 0.1) is 46.6 Å². The molecule has 4 aromatic rings. The monoisotopic (exact) mass is 625 g/mol. The van der Waals surface area contributed by atoms with Crippen LogP contribution < -0.4 is 14.5 Å². The van der Waals surface area contributed by atoms with Crippen molar-refractivity contribution >= 4 is 46.3 Å². The molecule has 0 radical (unpaired) electrons. The summed E-state index contributed by atoms with van der Waals surface area (Å²) >= 11 is 2.88. The van der Waals surface area contributed by atoms with Gasteiger partial charge in [-0.15, -0.1) is 11.8 Å². The molecule has 1 N–H and O–H groups in total. The van der Waals surface area contributed by atoms with E-state index in [1.807, 2.05) is 24.3 Å². The van der Waals surface area contributed by atoms with Crippen molar-refractivity contribution in [1.82, 2.24) is 4.98 Å². The number of imide groups is 1. The molecule has 2 bridgehead atoms. The molecule has 2 aliphatic heterocycles. The van der Waals surface area contributed by atoms with E-state index in [-0.39, 0.29) is 51.3 Å².